The van der Waals surface area contributed by atoms with Crippen molar-refractivity contribution in [3.8, 4) is 0 Å². The molecule has 15 heavy (non-hydrogen) atoms. The van der Waals surface area contributed by atoms with Crippen LogP contribution in [0.25, 0.3) is 0 Å². The molecule has 1 aromatic rings. The highest BCUT2D eigenvalue weighted by molar-refractivity contribution is 7.07. The maximum absolute atomic E-state index is 10.2. The number of amides is 1. The SMILES string of the molecule is CCN(CC)CC.NC(=O)c1cscn1. The van der Waals surface area contributed by atoms with Gasteiger partial charge >= 0.3 is 0 Å². The highest BCUT2D eigenvalue weighted by Crippen LogP contribution is 1.97. The third kappa shape index (κ3) is 6.19. The molecule has 0 aromatic carbocycles. The van der Waals surface area contributed by atoms with Gasteiger partial charge in [0.2, 0.25) is 0 Å². The summed E-state index contributed by atoms with van der Waals surface area (Å²) in [6, 6.07) is 0. The first-order chi connectivity index (χ1) is 7.15. The zero-order valence-corrected chi connectivity index (χ0v) is 10.4. The lowest BCUT2D eigenvalue weighted by Gasteiger charge is -2.13. The van der Waals surface area contributed by atoms with Crippen molar-refractivity contribution in [1.82, 2.24) is 9.88 Å². The van der Waals surface area contributed by atoms with Crippen molar-refractivity contribution >= 4 is 17.2 Å². The minimum atomic E-state index is -0.466. The largest absolute Gasteiger partial charge is 0.364 e. The summed E-state index contributed by atoms with van der Waals surface area (Å²) in [6.07, 6.45) is 0. The molecule has 1 rings (SSSR count). The van der Waals surface area contributed by atoms with Crippen molar-refractivity contribution in [3.63, 3.8) is 0 Å². The zero-order chi connectivity index (χ0) is 11.7. The van der Waals surface area contributed by atoms with E-state index < -0.39 is 5.91 Å². The normalized spacial score (nSPS) is 9.60. The van der Waals surface area contributed by atoms with E-state index >= 15 is 0 Å². The number of carbonyl (C=O) groups is 1. The molecule has 0 aliphatic rings. The lowest BCUT2D eigenvalue weighted by atomic mass is 10.5. The Hall–Kier alpha value is -0.940. The van der Waals surface area contributed by atoms with Crippen LogP contribution in [0.5, 0.6) is 0 Å². The third-order valence-corrected chi connectivity index (χ3v) is 2.61. The second kappa shape index (κ2) is 8.38. The van der Waals surface area contributed by atoms with Crippen molar-refractivity contribution in [1.29, 1.82) is 0 Å². The number of nitrogens with two attached hydrogens (primary N) is 1. The molecular formula is C10H19N3OS. The first kappa shape index (κ1) is 14.1. The van der Waals surface area contributed by atoms with Crippen LogP contribution in [0, 0.1) is 0 Å². The number of thiazole rings is 1. The molecule has 0 saturated carbocycles. The van der Waals surface area contributed by atoms with Gasteiger partial charge in [-0.1, -0.05) is 20.8 Å². The Bertz CT molecular complexity index is 252. The van der Waals surface area contributed by atoms with Crippen LogP contribution in [0.3, 0.4) is 0 Å². The van der Waals surface area contributed by atoms with Gasteiger partial charge in [0.05, 0.1) is 5.51 Å². The third-order valence-electron chi connectivity index (χ3n) is 2.03. The van der Waals surface area contributed by atoms with Crippen LogP contribution in [0.1, 0.15) is 31.3 Å². The molecule has 1 heterocycles. The maximum Gasteiger partial charge on any atom is 0.268 e. The summed E-state index contributed by atoms with van der Waals surface area (Å²) in [4.78, 5) is 16.3. The molecule has 4 nitrogen and oxygen atoms in total. The van der Waals surface area contributed by atoms with Crippen LogP contribution in [-0.4, -0.2) is 35.4 Å². The van der Waals surface area contributed by atoms with E-state index in [1.807, 2.05) is 0 Å². The minimum Gasteiger partial charge on any atom is -0.364 e. The highest BCUT2D eigenvalue weighted by atomic mass is 32.1. The van der Waals surface area contributed by atoms with Crippen LogP contribution < -0.4 is 5.73 Å². The lowest BCUT2D eigenvalue weighted by Crippen LogP contribution is -2.21. The number of rotatable bonds is 4. The van der Waals surface area contributed by atoms with E-state index in [2.05, 4.69) is 30.7 Å². The summed E-state index contributed by atoms with van der Waals surface area (Å²) >= 11 is 1.36. The van der Waals surface area contributed by atoms with Gasteiger partial charge in [-0.2, -0.15) is 0 Å². The van der Waals surface area contributed by atoms with E-state index in [1.54, 1.807) is 10.9 Å². The smallest absolute Gasteiger partial charge is 0.268 e. The molecule has 1 amide bonds. The van der Waals surface area contributed by atoms with Crippen molar-refractivity contribution in [2.45, 2.75) is 20.8 Å². The Morgan fingerprint density at radius 2 is 1.93 bits per heavy atom. The molecule has 0 fully saturated rings. The van der Waals surface area contributed by atoms with Gasteiger partial charge in [-0.15, -0.1) is 11.3 Å². The fraction of sp³-hybridized carbons (Fsp3) is 0.600. The molecule has 86 valence electrons. The number of nitrogens with zero attached hydrogens (tertiary/aromatic N) is 2. The molecule has 0 bridgehead atoms. The maximum atomic E-state index is 10.2. The Balaban J connectivity index is 0.000000265. The topological polar surface area (TPSA) is 59.2 Å². The Morgan fingerprint density at radius 3 is 2.07 bits per heavy atom. The average Bonchev–Trinajstić information content (AvgIpc) is 2.74. The molecule has 0 spiro atoms. The molecular weight excluding hydrogens is 210 g/mol. The monoisotopic (exact) mass is 229 g/mol. The number of aromatic nitrogens is 1. The molecule has 2 N–H and O–H groups in total. The summed E-state index contributed by atoms with van der Waals surface area (Å²) in [6.45, 7) is 10.1. The summed E-state index contributed by atoms with van der Waals surface area (Å²) in [5, 5.41) is 1.61. The van der Waals surface area contributed by atoms with E-state index in [0.29, 0.717) is 5.69 Å². The van der Waals surface area contributed by atoms with Gasteiger partial charge in [0.1, 0.15) is 5.69 Å². The van der Waals surface area contributed by atoms with Crippen LogP contribution >= 0.6 is 11.3 Å². The second-order valence-electron chi connectivity index (χ2n) is 2.86. The van der Waals surface area contributed by atoms with Gasteiger partial charge in [-0.3, -0.25) is 4.79 Å². The van der Waals surface area contributed by atoms with E-state index in [-0.39, 0.29) is 0 Å². The van der Waals surface area contributed by atoms with Crippen LogP contribution in [-0.2, 0) is 0 Å². The second-order valence-corrected chi connectivity index (χ2v) is 3.58. The van der Waals surface area contributed by atoms with Gasteiger partial charge in [-0.25, -0.2) is 4.98 Å². The molecule has 0 saturated heterocycles. The number of primary amides is 1. The fourth-order valence-corrected chi connectivity index (χ4v) is 1.55. The van der Waals surface area contributed by atoms with Gasteiger partial charge in [0.25, 0.3) is 5.91 Å². The van der Waals surface area contributed by atoms with Crippen LogP contribution in [0.2, 0.25) is 0 Å². The molecule has 0 radical (unpaired) electrons. The lowest BCUT2D eigenvalue weighted by molar-refractivity contribution is 0.0996. The van der Waals surface area contributed by atoms with Crippen molar-refractivity contribution in [2.75, 3.05) is 19.6 Å². The quantitative estimate of drug-likeness (QED) is 0.853. The van der Waals surface area contributed by atoms with E-state index in [4.69, 9.17) is 5.73 Å². The molecule has 5 heteroatoms. The van der Waals surface area contributed by atoms with E-state index in [1.165, 1.54) is 31.0 Å². The first-order valence-corrected chi connectivity index (χ1v) is 6.00. The first-order valence-electron chi connectivity index (χ1n) is 5.05. The van der Waals surface area contributed by atoms with Gasteiger partial charge in [0.15, 0.2) is 0 Å². The standard InChI is InChI=1S/C6H15N.C4H4N2OS/c1-4-7(5-2)6-3;5-4(7)3-1-8-2-6-3/h4-6H2,1-3H3;1-2H,(H2,5,7). The zero-order valence-electron chi connectivity index (χ0n) is 9.56. The van der Waals surface area contributed by atoms with Gasteiger partial charge < -0.3 is 10.6 Å². The molecule has 0 aliphatic carbocycles. The summed E-state index contributed by atoms with van der Waals surface area (Å²) in [5.41, 5.74) is 6.78. The van der Waals surface area contributed by atoms with E-state index in [9.17, 15) is 4.79 Å². The fourth-order valence-electron chi connectivity index (χ4n) is 1.01. The van der Waals surface area contributed by atoms with Crippen LogP contribution in [0.4, 0.5) is 0 Å². The highest BCUT2D eigenvalue weighted by Gasteiger charge is 1.98. The summed E-state index contributed by atoms with van der Waals surface area (Å²) < 4.78 is 0. The Labute approximate surface area is 95.1 Å². The predicted molar refractivity (Wildman–Crippen MR) is 64.1 cm³/mol. The Kier molecular flexibility index (Phi) is 7.85. The van der Waals surface area contributed by atoms with Crippen molar-refractivity contribution < 1.29 is 4.79 Å². The van der Waals surface area contributed by atoms with E-state index in [0.717, 1.165) is 0 Å². The van der Waals surface area contributed by atoms with Crippen molar-refractivity contribution in [2.24, 2.45) is 5.73 Å². The van der Waals surface area contributed by atoms with Crippen LogP contribution in [0.15, 0.2) is 10.9 Å². The molecule has 1 aromatic heterocycles. The number of carbonyl (C=O) groups excluding carboxylic acids is 1. The molecule has 0 aliphatic heterocycles. The number of hydrogen-bond donors (Lipinski definition) is 1. The number of hydrogen-bond acceptors (Lipinski definition) is 4. The molecule has 0 unspecified atom stereocenters. The predicted octanol–water partition coefficient (Wildman–Crippen LogP) is 1.59. The van der Waals surface area contributed by atoms with Gasteiger partial charge in [0, 0.05) is 5.38 Å². The Morgan fingerprint density at radius 1 is 1.40 bits per heavy atom. The van der Waals surface area contributed by atoms with Crippen molar-refractivity contribution in [3.05, 3.63) is 16.6 Å². The summed E-state index contributed by atoms with van der Waals surface area (Å²) in [5.74, 6) is -0.466. The summed E-state index contributed by atoms with van der Waals surface area (Å²) in [7, 11) is 0. The minimum absolute atomic E-state index is 0.343. The van der Waals surface area contributed by atoms with Gasteiger partial charge in [-0.05, 0) is 19.6 Å². The average molecular weight is 229 g/mol. The molecule has 0 atom stereocenters.